The van der Waals surface area contributed by atoms with Crippen LogP contribution in [0.1, 0.15) is 64.7 Å². The maximum absolute atomic E-state index is 13.9. The Morgan fingerprint density at radius 2 is 1.29 bits per heavy atom. The first-order chi connectivity index (χ1) is 16.2. The van der Waals surface area contributed by atoms with E-state index in [0.29, 0.717) is 11.1 Å². The third kappa shape index (κ3) is 7.41. The van der Waals surface area contributed by atoms with Gasteiger partial charge in [0.25, 0.3) is 0 Å². The van der Waals surface area contributed by atoms with Gasteiger partial charge < -0.3 is 9.47 Å². The van der Waals surface area contributed by atoms with Gasteiger partial charge in [0.15, 0.2) is 12.0 Å². The summed E-state index contributed by atoms with van der Waals surface area (Å²) in [6, 6.07) is 17.3. The molecule has 0 aliphatic carbocycles. The number of hydrogen-bond donors (Lipinski definition) is 0. The molecule has 0 radical (unpaired) electrons. The number of hydrogen-bond acceptors (Lipinski definition) is 5. The number of carbonyl (C=O) groups excluding carboxylic acids is 3. The fraction of sp³-hybridized carbons (Fsp3) is 0.444. The van der Waals surface area contributed by atoms with Gasteiger partial charge in [-0.2, -0.15) is 13.2 Å². The number of halogens is 3. The highest BCUT2D eigenvalue weighted by Gasteiger charge is 2.54. The van der Waals surface area contributed by atoms with Gasteiger partial charge in [-0.15, -0.1) is 0 Å². The van der Waals surface area contributed by atoms with Gasteiger partial charge in [0.1, 0.15) is 16.8 Å². The van der Waals surface area contributed by atoms with Crippen molar-refractivity contribution >= 4 is 17.7 Å². The Morgan fingerprint density at radius 1 is 0.829 bits per heavy atom. The van der Waals surface area contributed by atoms with Crippen molar-refractivity contribution in [1.29, 1.82) is 0 Å². The lowest BCUT2D eigenvalue weighted by Crippen LogP contribution is -2.46. The molecule has 0 aliphatic rings. The van der Waals surface area contributed by atoms with Crippen molar-refractivity contribution in [3.05, 3.63) is 71.8 Å². The van der Waals surface area contributed by atoms with Crippen molar-refractivity contribution < 1.29 is 37.0 Å². The van der Waals surface area contributed by atoms with Crippen LogP contribution < -0.4 is 0 Å². The van der Waals surface area contributed by atoms with Crippen molar-refractivity contribution in [3.8, 4) is 0 Å². The minimum Gasteiger partial charge on any atom is -0.459 e. The molecule has 5 nitrogen and oxygen atoms in total. The summed E-state index contributed by atoms with van der Waals surface area (Å²) in [5.74, 6) is -6.13. The van der Waals surface area contributed by atoms with Crippen LogP contribution in [0, 0.1) is 11.3 Å². The molecule has 0 N–H and O–H groups in total. The molecule has 0 spiro atoms. The summed E-state index contributed by atoms with van der Waals surface area (Å²) >= 11 is 0. The van der Waals surface area contributed by atoms with Crippen molar-refractivity contribution in [2.45, 2.75) is 65.3 Å². The number of carbonyl (C=O) groups is 3. The number of rotatable bonds is 9. The van der Waals surface area contributed by atoms with Crippen LogP contribution in [0.2, 0.25) is 0 Å². The molecule has 0 amide bonds. The first kappa shape index (κ1) is 28.1. The van der Waals surface area contributed by atoms with Crippen LogP contribution in [0.4, 0.5) is 13.2 Å². The molecule has 1 unspecified atom stereocenters. The SMILES string of the molecule is CCC(=O)[C@@](C)(CC(C(=O)OC(C)(C)C)C(F)(F)F)C(=O)OC(c1ccccc1)c1ccccc1. The quantitative estimate of drug-likeness (QED) is 0.307. The van der Waals surface area contributed by atoms with Gasteiger partial charge in [0.05, 0.1) is 0 Å². The molecule has 0 fully saturated rings. The summed E-state index contributed by atoms with van der Waals surface area (Å²) in [7, 11) is 0. The van der Waals surface area contributed by atoms with Crippen LogP contribution in [0.25, 0.3) is 0 Å². The number of benzene rings is 2. The Bertz CT molecular complexity index is 973. The summed E-state index contributed by atoms with van der Waals surface area (Å²) in [4.78, 5) is 38.8. The predicted molar refractivity (Wildman–Crippen MR) is 124 cm³/mol. The van der Waals surface area contributed by atoms with Crippen molar-refractivity contribution in [2.24, 2.45) is 11.3 Å². The molecular formula is C27H31F3O5. The molecule has 8 heteroatoms. The van der Waals surface area contributed by atoms with E-state index in [-0.39, 0.29) is 6.42 Å². The van der Waals surface area contributed by atoms with E-state index >= 15 is 0 Å². The highest BCUT2D eigenvalue weighted by molar-refractivity contribution is 6.03. The summed E-state index contributed by atoms with van der Waals surface area (Å²) in [6.45, 7) is 6.85. The van der Waals surface area contributed by atoms with Crippen LogP contribution in [0.15, 0.2) is 60.7 Å². The zero-order valence-corrected chi connectivity index (χ0v) is 20.5. The van der Waals surface area contributed by atoms with E-state index in [1.54, 1.807) is 60.7 Å². The van der Waals surface area contributed by atoms with Gasteiger partial charge in [-0.05, 0) is 45.2 Å². The minimum atomic E-state index is -5.03. The van der Waals surface area contributed by atoms with E-state index in [1.807, 2.05) is 0 Å². The maximum atomic E-state index is 13.9. The van der Waals surface area contributed by atoms with Gasteiger partial charge in [0, 0.05) is 6.42 Å². The molecule has 0 aromatic heterocycles. The third-order valence-electron chi connectivity index (χ3n) is 5.52. The molecule has 2 aromatic rings. The highest BCUT2D eigenvalue weighted by Crippen LogP contribution is 2.41. The first-order valence-electron chi connectivity index (χ1n) is 11.3. The van der Waals surface area contributed by atoms with E-state index in [9.17, 15) is 27.6 Å². The zero-order chi connectivity index (χ0) is 26.4. The van der Waals surface area contributed by atoms with E-state index < -0.39 is 53.4 Å². The first-order valence-corrected chi connectivity index (χ1v) is 11.3. The monoisotopic (exact) mass is 492 g/mol. The molecule has 0 bridgehead atoms. The Kier molecular flexibility index (Phi) is 8.87. The van der Waals surface area contributed by atoms with Crippen molar-refractivity contribution in [2.75, 3.05) is 0 Å². The van der Waals surface area contributed by atoms with Crippen LogP contribution in [-0.2, 0) is 23.9 Å². The number of ketones is 1. The van der Waals surface area contributed by atoms with Gasteiger partial charge in [-0.25, -0.2) is 0 Å². The van der Waals surface area contributed by atoms with Gasteiger partial charge in [0.2, 0.25) is 0 Å². The topological polar surface area (TPSA) is 69.7 Å². The van der Waals surface area contributed by atoms with Gasteiger partial charge in [-0.1, -0.05) is 67.6 Å². The standard InChI is InChI=1S/C27H31F3O5/c1-6-21(31)26(5,17-20(27(28,29)30)23(32)35-25(2,3)4)24(33)34-22(18-13-9-7-10-14-18)19-15-11-8-12-16-19/h7-16,20,22H,6,17H2,1-5H3/t20?,26-/m1/s1. The lowest BCUT2D eigenvalue weighted by molar-refractivity contribution is -0.210. The summed E-state index contributed by atoms with van der Waals surface area (Å²) in [5, 5.41) is 0. The summed E-state index contributed by atoms with van der Waals surface area (Å²) in [5.41, 5.74) is -2.25. The Hall–Kier alpha value is -3.16. The predicted octanol–water partition coefficient (Wildman–Crippen LogP) is 6.21. The fourth-order valence-electron chi connectivity index (χ4n) is 3.64. The van der Waals surface area contributed by atoms with E-state index in [4.69, 9.17) is 9.47 Å². The molecule has 0 aliphatic heterocycles. The molecule has 0 saturated heterocycles. The lowest BCUT2D eigenvalue weighted by atomic mass is 9.76. The van der Waals surface area contributed by atoms with E-state index in [0.717, 1.165) is 6.92 Å². The second-order valence-electron chi connectivity index (χ2n) is 9.55. The summed E-state index contributed by atoms with van der Waals surface area (Å²) in [6.07, 6.45) is -7.32. The fourth-order valence-corrected chi connectivity index (χ4v) is 3.64. The second kappa shape index (κ2) is 11.1. The van der Waals surface area contributed by atoms with E-state index in [1.165, 1.54) is 27.7 Å². The molecular weight excluding hydrogens is 461 g/mol. The maximum Gasteiger partial charge on any atom is 0.402 e. The molecule has 190 valence electrons. The van der Waals surface area contributed by atoms with Crippen LogP contribution in [0.5, 0.6) is 0 Å². The Morgan fingerprint density at radius 3 is 1.66 bits per heavy atom. The lowest BCUT2D eigenvalue weighted by Gasteiger charge is -2.33. The number of alkyl halides is 3. The number of Topliss-reactive ketones (excluding diaryl/α,β-unsaturated/α-hetero) is 1. The molecule has 0 heterocycles. The van der Waals surface area contributed by atoms with Crippen molar-refractivity contribution in [1.82, 2.24) is 0 Å². The zero-order valence-electron chi connectivity index (χ0n) is 20.5. The van der Waals surface area contributed by atoms with Gasteiger partial charge >= 0.3 is 18.1 Å². The summed E-state index contributed by atoms with van der Waals surface area (Å²) < 4.78 is 52.5. The minimum absolute atomic E-state index is 0.216. The highest BCUT2D eigenvalue weighted by atomic mass is 19.4. The number of ether oxygens (including phenoxy) is 2. The molecule has 2 aromatic carbocycles. The van der Waals surface area contributed by atoms with Crippen LogP contribution in [0.3, 0.4) is 0 Å². The molecule has 2 rings (SSSR count). The third-order valence-corrected chi connectivity index (χ3v) is 5.52. The molecule has 0 saturated carbocycles. The van der Waals surface area contributed by atoms with Gasteiger partial charge in [-0.3, -0.25) is 14.4 Å². The normalized spacial score (nSPS) is 14.7. The van der Waals surface area contributed by atoms with Crippen molar-refractivity contribution in [3.63, 3.8) is 0 Å². The smallest absolute Gasteiger partial charge is 0.402 e. The second-order valence-corrected chi connectivity index (χ2v) is 9.55. The molecule has 35 heavy (non-hydrogen) atoms. The van der Waals surface area contributed by atoms with Crippen LogP contribution >= 0.6 is 0 Å². The molecule has 2 atom stereocenters. The van der Waals surface area contributed by atoms with E-state index in [2.05, 4.69) is 0 Å². The Balaban J connectivity index is 2.47. The largest absolute Gasteiger partial charge is 0.459 e. The Labute approximate surface area is 203 Å². The number of esters is 2. The average molecular weight is 493 g/mol. The average Bonchev–Trinajstić information content (AvgIpc) is 2.79. The van der Waals surface area contributed by atoms with Crippen LogP contribution in [-0.4, -0.2) is 29.5 Å².